The van der Waals surface area contributed by atoms with Gasteiger partial charge in [-0.3, -0.25) is 0 Å². The second-order valence-corrected chi connectivity index (χ2v) is 6.79. The minimum absolute atomic E-state index is 0.327. The van der Waals surface area contributed by atoms with Gasteiger partial charge in [0.05, 0.1) is 8.95 Å². The summed E-state index contributed by atoms with van der Waals surface area (Å²) in [5.74, 6) is 0.896. The molecular formula is C12H14Br3NO. The number of nitrogens with one attached hydrogen (secondary N) is 1. The highest BCUT2D eigenvalue weighted by Gasteiger charge is 2.30. The third-order valence-electron chi connectivity index (χ3n) is 2.84. The van der Waals surface area contributed by atoms with Crippen molar-refractivity contribution in [2.45, 2.75) is 31.9 Å². The van der Waals surface area contributed by atoms with E-state index >= 15 is 0 Å². The topological polar surface area (TPSA) is 21.3 Å². The summed E-state index contributed by atoms with van der Waals surface area (Å²) < 4.78 is 8.97. The van der Waals surface area contributed by atoms with Gasteiger partial charge < -0.3 is 10.1 Å². The number of rotatable bonds is 4. The fraction of sp³-hybridized carbons (Fsp3) is 0.500. The number of halogens is 3. The van der Waals surface area contributed by atoms with Crippen LogP contribution in [0.5, 0.6) is 5.75 Å². The van der Waals surface area contributed by atoms with Crippen LogP contribution in [0.2, 0.25) is 0 Å². The standard InChI is InChI=1S/C12H14Br3NO/c1-2-16-8-5-9(6-8)17-12-10(14)3-7(13)4-11(12)15/h3-4,8-9,16H,2,5-6H2,1H3. The van der Waals surface area contributed by atoms with Gasteiger partial charge in [0.25, 0.3) is 0 Å². The van der Waals surface area contributed by atoms with Crippen LogP contribution in [0.15, 0.2) is 25.6 Å². The van der Waals surface area contributed by atoms with Gasteiger partial charge in [0.15, 0.2) is 0 Å². The van der Waals surface area contributed by atoms with E-state index in [0.29, 0.717) is 12.1 Å². The number of ether oxygens (including phenoxy) is 1. The van der Waals surface area contributed by atoms with E-state index < -0.39 is 0 Å². The summed E-state index contributed by atoms with van der Waals surface area (Å²) in [7, 11) is 0. The summed E-state index contributed by atoms with van der Waals surface area (Å²) >= 11 is 10.5. The van der Waals surface area contributed by atoms with Gasteiger partial charge in [-0.05, 0) is 63.4 Å². The third kappa shape index (κ3) is 3.46. The molecule has 1 aromatic rings. The molecule has 0 radical (unpaired) electrons. The lowest BCUT2D eigenvalue weighted by molar-refractivity contribution is 0.0844. The Labute approximate surface area is 127 Å². The fourth-order valence-electron chi connectivity index (χ4n) is 1.93. The van der Waals surface area contributed by atoms with Crippen LogP contribution >= 0.6 is 47.8 Å². The van der Waals surface area contributed by atoms with Crippen molar-refractivity contribution < 1.29 is 4.74 Å². The van der Waals surface area contributed by atoms with Crippen LogP contribution in [0, 0.1) is 0 Å². The first kappa shape index (κ1) is 13.8. The molecule has 0 heterocycles. The van der Waals surface area contributed by atoms with Gasteiger partial charge in [0.1, 0.15) is 11.9 Å². The lowest BCUT2D eigenvalue weighted by Gasteiger charge is -2.36. The zero-order chi connectivity index (χ0) is 12.4. The van der Waals surface area contributed by atoms with Crippen molar-refractivity contribution in [3.63, 3.8) is 0 Å². The average Bonchev–Trinajstić information content (AvgIpc) is 2.18. The molecule has 0 amide bonds. The van der Waals surface area contributed by atoms with Crippen molar-refractivity contribution in [3.05, 3.63) is 25.6 Å². The summed E-state index contributed by atoms with van der Waals surface area (Å²) in [6.45, 7) is 3.17. The summed E-state index contributed by atoms with van der Waals surface area (Å²) in [4.78, 5) is 0. The summed E-state index contributed by atoms with van der Waals surface area (Å²) in [5.41, 5.74) is 0. The SMILES string of the molecule is CCNC1CC(Oc2c(Br)cc(Br)cc2Br)C1. The smallest absolute Gasteiger partial charge is 0.148 e. The molecule has 17 heavy (non-hydrogen) atoms. The molecular weight excluding hydrogens is 414 g/mol. The first-order valence-corrected chi connectivity index (χ1v) is 8.02. The van der Waals surface area contributed by atoms with E-state index in [1.807, 2.05) is 12.1 Å². The van der Waals surface area contributed by atoms with E-state index in [9.17, 15) is 0 Å². The minimum Gasteiger partial charge on any atom is -0.488 e. The Morgan fingerprint density at radius 1 is 1.24 bits per heavy atom. The third-order valence-corrected chi connectivity index (χ3v) is 4.47. The van der Waals surface area contributed by atoms with Crippen LogP contribution < -0.4 is 10.1 Å². The molecule has 1 aliphatic carbocycles. The highest BCUT2D eigenvalue weighted by molar-refractivity contribution is 9.11. The van der Waals surface area contributed by atoms with Gasteiger partial charge in [0, 0.05) is 10.5 Å². The van der Waals surface area contributed by atoms with Gasteiger partial charge in [-0.1, -0.05) is 22.9 Å². The highest BCUT2D eigenvalue weighted by atomic mass is 79.9. The zero-order valence-electron chi connectivity index (χ0n) is 9.47. The molecule has 0 aromatic heterocycles. The molecule has 1 N–H and O–H groups in total. The molecule has 1 saturated carbocycles. The van der Waals surface area contributed by atoms with E-state index in [4.69, 9.17) is 4.74 Å². The Morgan fingerprint density at radius 2 is 1.82 bits per heavy atom. The molecule has 0 aliphatic heterocycles. The number of hydrogen-bond donors (Lipinski definition) is 1. The Balaban J connectivity index is 1.97. The predicted molar refractivity (Wildman–Crippen MR) is 80.7 cm³/mol. The zero-order valence-corrected chi connectivity index (χ0v) is 14.2. The van der Waals surface area contributed by atoms with Crippen LogP contribution in [-0.4, -0.2) is 18.7 Å². The van der Waals surface area contributed by atoms with Crippen molar-refractivity contribution in [1.29, 1.82) is 0 Å². The van der Waals surface area contributed by atoms with Gasteiger partial charge in [-0.15, -0.1) is 0 Å². The van der Waals surface area contributed by atoms with Crippen molar-refractivity contribution in [2.24, 2.45) is 0 Å². The van der Waals surface area contributed by atoms with Crippen LogP contribution in [0.25, 0.3) is 0 Å². The first-order chi connectivity index (χ1) is 8.10. The Morgan fingerprint density at radius 3 is 2.35 bits per heavy atom. The maximum absolute atomic E-state index is 5.99. The lowest BCUT2D eigenvalue weighted by Crippen LogP contribution is -2.46. The Hall–Kier alpha value is 0.420. The summed E-state index contributed by atoms with van der Waals surface area (Å²) in [6.07, 6.45) is 2.50. The highest BCUT2D eigenvalue weighted by Crippen LogP contribution is 2.39. The van der Waals surface area contributed by atoms with Crippen LogP contribution in [0.1, 0.15) is 19.8 Å². The van der Waals surface area contributed by atoms with Crippen LogP contribution in [-0.2, 0) is 0 Å². The largest absolute Gasteiger partial charge is 0.488 e. The average molecular weight is 428 g/mol. The molecule has 0 atom stereocenters. The second kappa shape index (κ2) is 6.04. The lowest BCUT2D eigenvalue weighted by atomic mass is 9.89. The van der Waals surface area contributed by atoms with E-state index in [-0.39, 0.29) is 0 Å². The molecule has 2 nitrogen and oxygen atoms in total. The van der Waals surface area contributed by atoms with Crippen LogP contribution in [0.3, 0.4) is 0 Å². The molecule has 94 valence electrons. The van der Waals surface area contributed by atoms with Crippen LogP contribution in [0.4, 0.5) is 0 Å². The quantitative estimate of drug-likeness (QED) is 0.764. The molecule has 5 heteroatoms. The van der Waals surface area contributed by atoms with E-state index in [2.05, 4.69) is 60.0 Å². The Bertz CT molecular complexity index is 382. The molecule has 2 rings (SSSR count). The van der Waals surface area contributed by atoms with Crippen molar-refractivity contribution in [1.82, 2.24) is 5.32 Å². The normalized spacial score (nSPS) is 23.3. The molecule has 1 aliphatic rings. The van der Waals surface area contributed by atoms with Crippen molar-refractivity contribution in [2.75, 3.05) is 6.54 Å². The minimum atomic E-state index is 0.327. The first-order valence-electron chi connectivity index (χ1n) is 5.64. The van der Waals surface area contributed by atoms with E-state index in [1.54, 1.807) is 0 Å². The molecule has 0 spiro atoms. The number of benzene rings is 1. The van der Waals surface area contributed by atoms with E-state index in [0.717, 1.165) is 38.6 Å². The molecule has 0 saturated heterocycles. The summed E-state index contributed by atoms with van der Waals surface area (Å²) in [6, 6.07) is 4.62. The molecule has 1 aromatic carbocycles. The van der Waals surface area contributed by atoms with Gasteiger partial charge in [-0.25, -0.2) is 0 Å². The predicted octanol–water partition coefficient (Wildman–Crippen LogP) is 4.49. The van der Waals surface area contributed by atoms with E-state index in [1.165, 1.54) is 0 Å². The molecule has 1 fully saturated rings. The number of hydrogen-bond acceptors (Lipinski definition) is 2. The maximum atomic E-state index is 5.99. The monoisotopic (exact) mass is 425 g/mol. The molecule has 0 unspecified atom stereocenters. The maximum Gasteiger partial charge on any atom is 0.148 e. The van der Waals surface area contributed by atoms with Crippen molar-refractivity contribution in [3.8, 4) is 5.75 Å². The molecule has 0 bridgehead atoms. The fourth-order valence-corrected chi connectivity index (χ4v) is 4.37. The van der Waals surface area contributed by atoms with Gasteiger partial charge >= 0.3 is 0 Å². The van der Waals surface area contributed by atoms with Gasteiger partial charge in [-0.2, -0.15) is 0 Å². The Kier molecular flexibility index (Phi) is 4.92. The van der Waals surface area contributed by atoms with Gasteiger partial charge in [0.2, 0.25) is 0 Å². The second-order valence-electron chi connectivity index (χ2n) is 4.16. The summed E-state index contributed by atoms with van der Waals surface area (Å²) in [5, 5.41) is 3.43. The van der Waals surface area contributed by atoms with Crippen molar-refractivity contribution >= 4 is 47.8 Å².